The molecule has 140 valence electrons. The van der Waals surface area contributed by atoms with Crippen molar-refractivity contribution in [3.05, 3.63) is 71.4 Å². The lowest BCUT2D eigenvalue weighted by molar-refractivity contribution is -0.116. The fourth-order valence-corrected chi connectivity index (χ4v) is 3.42. The van der Waals surface area contributed by atoms with Crippen LogP contribution in [0.4, 0.5) is 5.13 Å². The first-order valence-electron chi connectivity index (χ1n) is 8.49. The van der Waals surface area contributed by atoms with Crippen LogP contribution in [0.15, 0.2) is 60.1 Å². The van der Waals surface area contributed by atoms with E-state index in [1.54, 1.807) is 61.2 Å². The van der Waals surface area contributed by atoms with E-state index in [9.17, 15) is 9.59 Å². The van der Waals surface area contributed by atoms with Gasteiger partial charge in [0.25, 0.3) is 0 Å². The molecule has 0 spiro atoms. The fraction of sp³-hybridized carbons (Fsp3) is 0.100. The maximum Gasteiger partial charge on any atom is 0.247 e. The van der Waals surface area contributed by atoms with Crippen LogP contribution in [0.5, 0.6) is 5.75 Å². The molecule has 7 nitrogen and oxygen atoms in total. The van der Waals surface area contributed by atoms with Gasteiger partial charge in [0.15, 0.2) is 5.13 Å². The van der Waals surface area contributed by atoms with Gasteiger partial charge in [-0.25, -0.2) is 4.98 Å². The summed E-state index contributed by atoms with van der Waals surface area (Å²) in [6.45, 7) is -0.0503. The van der Waals surface area contributed by atoms with Crippen molar-refractivity contribution in [2.75, 3.05) is 12.4 Å². The van der Waals surface area contributed by atoms with E-state index in [1.807, 2.05) is 6.07 Å². The summed E-state index contributed by atoms with van der Waals surface area (Å²) in [6.07, 6.45) is 1.62. The van der Waals surface area contributed by atoms with Gasteiger partial charge in [-0.1, -0.05) is 30.3 Å². The van der Waals surface area contributed by atoms with Crippen LogP contribution in [-0.4, -0.2) is 33.6 Å². The minimum atomic E-state index is -0.277. The highest BCUT2D eigenvalue weighted by atomic mass is 32.1. The van der Waals surface area contributed by atoms with Gasteiger partial charge in [-0.05, 0) is 12.1 Å². The maximum atomic E-state index is 13.0. The maximum absolute atomic E-state index is 13.0. The van der Waals surface area contributed by atoms with Crippen molar-refractivity contribution in [2.24, 2.45) is 0 Å². The van der Waals surface area contributed by atoms with Gasteiger partial charge in [-0.3, -0.25) is 14.3 Å². The Morgan fingerprint density at radius 2 is 2.00 bits per heavy atom. The summed E-state index contributed by atoms with van der Waals surface area (Å²) in [4.78, 5) is 29.4. The molecule has 1 N–H and O–H groups in total. The first kappa shape index (κ1) is 17.9. The van der Waals surface area contributed by atoms with Gasteiger partial charge in [-0.15, -0.1) is 11.3 Å². The molecule has 2 aromatic carbocycles. The summed E-state index contributed by atoms with van der Waals surface area (Å²) in [5.74, 6) is 0.142. The fourth-order valence-electron chi connectivity index (χ4n) is 2.88. The number of nitrogens with one attached hydrogen (secondary N) is 1. The predicted molar refractivity (Wildman–Crippen MR) is 107 cm³/mol. The van der Waals surface area contributed by atoms with Gasteiger partial charge in [0.05, 0.1) is 12.6 Å². The molecule has 2 heterocycles. The number of aromatic nitrogens is 3. The van der Waals surface area contributed by atoms with E-state index in [1.165, 1.54) is 16.0 Å². The standard InChI is InChI=1S/C20H16N4O3S/c1-27-14-7-8-15-16(11-14)24(12-17(25)22-20-21-9-10-28-20)23-18(15)19(26)13-5-3-2-4-6-13/h2-11H,12H2,1H3,(H,21,22,25). The van der Waals surface area contributed by atoms with Crippen molar-refractivity contribution in [1.29, 1.82) is 0 Å². The molecule has 0 unspecified atom stereocenters. The zero-order valence-electron chi connectivity index (χ0n) is 15.0. The molecule has 0 saturated heterocycles. The molecule has 28 heavy (non-hydrogen) atoms. The second kappa shape index (κ2) is 7.61. The Hall–Kier alpha value is -3.52. The zero-order valence-corrected chi connectivity index (χ0v) is 15.8. The number of fused-ring (bicyclic) bond motifs is 1. The first-order valence-corrected chi connectivity index (χ1v) is 9.37. The Morgan fingerprint density at radius 1 is 1.18 bits per heavy atom. The Bertz CT molecular complexity index is 1140. The SMILES string of the molecule is COc1ccc2c(C(=O)c3ccccc3)nn(CC(=O)Nc3nccs3)c2c1. The van der Waals surface area contributed by atoms with E-state index in [-0.39, 0.29) is 18.2 Å². The van der Waals surface area contributed by atoms with Crippen molar-refractivity contribution in [3.63, 3.8) is 0 Å². The van der Waals surface area contributed by atoms with Crippen LogP contribution in [-0.2, 0) is 11.3 Å². The molecule has 0 atom stereocenters. The molecule has 4 aromatic rings. The van der Waals surface area contributed by atoms with Crippen LogP contribution in [0.3, 0.4) is 0 Å². The van der Waals surface area contributed by atoms with E-state index in [2.05, 4.69) is 15.4 Å². The Labute approximate surface area is 164 Å². The molecule has 0 fully saturated rings. The zero-order chi connectivity index (χ0) is 19.5. The summed E-state index contributed by atoms with van der Waals surface area (Å²) in [6, 6.07) is 14.3. The third-order valence-corrected chi connectivity index (χ3v) is 4.87. The average Bonchev–Trinajstić information content (AvgIpc) is 3.36. The predicted octanol–water partition coefficient (Wildman–Crippen LogP) is 3.37. The monoisotopic (exact) mass is 392 g/mol. The normalized spacial score (nSPS) is 10.8. The minimum Gasteiger partial charge on any atom is -0.497 e. The molecule has 8 heteroatoms. The van der Waals surface area contributed by atoms with Crippen LogP contribution < -0.4 is 10.1 Å². The third kappa shape index (κ3) is 3.49. The molecule has 0 bridgehead atoms. The molecular formula is C20H16N4O3S. The van der Waals surface area contributed by atoms with Gasteiger partial charge in [-0.2, -0.15) is 5.10 Å². The number of anilines is 1. The Kier molecular flexibility index (Phi) is 4.86. The van der Waals surface area contributed by atoms with Crippen molar-refractivity contribution in [2.45, 2.75) is 6.54 Å². The van der Waals surface area contributed by atoms with E-state index in [0.717, 1.165) is 0 Å². The molecule has 0 aliphatic heterocycles. The number of ether oxygens (including phenoxy) is 1. The number of rotatable bonds is 6. The molecule has 0 aliphatic rings. The van der Waals surface area contributed by atoms with Gasteiger partial charge >= 0.3 is 0 Å². The molecule has 2 aromatic heterocycles. The largest absolute Gasteiger partial charge is 0.497 e. The highest BCUT2D eigenvalue weighted by Gasteiger charge is 2.20. The lowest BCUT2D eigenvalue weighted by Gasteiger charge is -2.05. The summed E-state index contributed by atoms with van der Waals surface area (Å²) in [5, 5.41) is 10.1. The Morgan fingerprint density at radius 3 is 2.71 bits per heavy atom. The lowest BCUT2D eigenvalue weighted by atomic mass is 10.1. The first-order chi connectivity index (χ1) is 13.7. The smallest absolute Gasteiger partial charge is 0.247 e. The quantitative estimate of drug-likeness (QED) is 0.509. The second-order valence-corrected chi connectivity index (χ2v) is 6.86. The van der Waals surface area contributed by atoms with Crippen LogP contribution in [0.1, 0.15) is 16.1 Å². The number of hydrogen-bond acceptors (Lipinski definition) is 6. The highest BCUT2D eigenvalue weighted by molar-refractivity contribution is 7.13. The lowest BCUT2D eigenvalue weighted by Crippen LogP contribution is -2.19. The number of hydrogen-bond donors (Lipinski definition) is 1. The van der Waals surface area contributed by atoms with E-state index >= 15 is 0 Å². The summed E-state index contributed by atoms with van der Waals surface area (Å²) < 4.78 is 6.80. The molecular weight excluding hydrogens is 376 g/mol. The van der Waals surface area contributed by atoms with Gasteiger partial charge in [0, 0.05) is 28.6 Å². The van der Waals surface area contributed by atoms with Gasteiger partial charge in [0.1, 0.15) is 18.0 Å². The summed E-state index contributed by atoms with van der Waals surface area (Å²) in [5.41, 5.74) is 1.48. The van der Waals surface area contributed by atoms with Crippen LogP contribution in [0.2, 0.25) is 0 Å². The second-order valence-electron chi connectivity index (χ2n) is 5.97. The summed E-state index contributed by atoms with van der Waals surface area (Å²) in [7, 11) is 1.56. The number of benzene rings is 2. The van der Waals surface area contributed by atoms with Crippen molar-refractivity contribution < 1.29 is 14.3 Å². The minimum absolute atomic E-state index is 0.0503. The number of thiazole rings is 1. The molecule has 4 rings (SSSR count). The number of carbonyl (C=O) groups excluding carboxylic acids is 2. The number of methoxy groups -OCH3 is 1. The van der Waals surface area contributed by atoms with Crippen LogP contribution in [0, 0.1) is 0 Å². The number of carbonyl (C=O) groups is 2. The van der Waals surface area contributed by atoms with E-state index < -0.39 is 0 Å². The number of nitrogens with zero attached hydrogens (tertiary/aromatic N) is 3. The van der Waals surface area contributed by atoms with Crippen molar-refractivity contribution in [3.8, 4) is 5.75 Å². The Balaban J connectivity index is 1.73. The number of amides is 1. The third-order valence-electron chi connectivity index (χ3n) is 4.18. The van der Waals surface area contributed by atoms with E-state index in [4.69, 9.17) is 4.74 Å². The van der Waals surface area contributed by atoms with Crippen molar-refractivity contribution in [1.82, 2.24) is 14.8 Å². The highest BCUT2D eigenvalue weighted by Crippen LogP contribution is 2.26. The van der Waals surface area contributed by atoms with Crippen molar-refractivity contribution >= 4 is 39.1 Å². The van der Waals surface area contributed by atoms with Gasteiger partial charge in [0.2, 0.25) is 11.7 Å². The van der Waals surface area contributed by atoms with Crippen LogP contribution in [0.25, 0.3) is 10.9 Å². The van der Waals surface area contributed by atoms with Gasteiger partial charge < -0.3 is 10.1 Å². The average molecular weight is 392 g/mol. The molecule has 0 radical (unpaired) electrons. The number of ketones is 1. The van der Waals surface area contributed by atoms with E-state index in [0.29, 0.717) is 33.0 Å². The topological polar surface area (TPSA) is 86.1 Å². The molecule has 0 aliphatic carbocycles. The molecule has 1 amide bonds. The molecule has 0 saturated carbocycles. The van der Waals surface area contributed by atoms with Crippen LogP contribution >= 0.6 is 11.3 Å². The summed E-state index contributed by atoms with van der Waals surface area (Å²) >= 11 is 1.33.